The van der Waals surface area contributed by atoms with Gasteiger partial charge in [-0.25, -0.2) is 0 Å². The van der Waals surface area contributed by atoms with E-state index < -0.39 is 6.04 Å². The number of anilines is 1. The number of nitrogens with zero attached hydrogens (tertiary/aromatic N) is 6. The van der Waals surface area contributed by atoms with Crippen LogP contribution in [0, 0.1) is 23.7 Å². The van der Waals surface area contributed by atoms with Crippen LogP contribution in [0.3, 0.4) is 0 Å². The minimum Gasteiger partial charge on any atom is -0.493 e. The Morgan fingerprint density at radius 3 is 1.98 bits per heavy atom. The van der Waals surface area contributed by atoms with E-state index in [4.69, 9.17) is 28.9 Å². The molecule has 474 valence electrons. The number of nitrogens with one attached hydrogen (secondary N) is 1. The summed E-state index contributed by atoms with van der Waals surface area (Å²) in [6, 6.07) is 23.2. The number of aryl methyl sites for hydroxylation is 1. The largest absolute Gasteiger partial charge is 0.493 e. The van der Waals surface area contributed by atoms with Gasteiger partial charge in [0, 0.05) is 137 Å². The average molecular weight is 1220 g/mol. The first kappa shape index (κ1) is 64.5. The first-order valence-electron chi connectivity index (χ1n) is 32.1. The summed E-state index contributed by atoms with van der Waals surface area (Å²) in [5.41, 5.74) is 8.74. The zero-order chi connectivity index (χ0) is 63.4. The Balaban J connectivity index is 0.661. The number of piperazine rings is 1. The lowest BCUT2D eigenvalue weighted by Gasteiger charge is -2.34. The molecule has 0 saturated carbocycles. The molecule has 5 heterocycles. The van der Waals surface area contributed by atoms with Gasteiger partial charge in [-0.3, -0.25) is 48.4 Å². The Morgan fingerprint density at radius 2 is 1.30 bits per heavy atom. The van der Waals surface area contributed by atoms with E-state index in [9.17, 15) is 33.6 Å². The van der Waals surface area contributed by atoms with Crippen molar-refractivity contribution in [1.29, 1.82) is 0 Å². The van der Waals surface area contributed by atoms with Crippen molar-refractivity contribution >= 4 is 81.6 Å². The van der Waals surface area contributed by atoms with Crippen LogP contribution in [0.2, 0.25) is 0 Å². The molecule has 1 aliphatic carbocycles. The molecule has 5 atom stereocenters. The van der Waals surface area contributed by atoms with Crippen LogP contribution in [0.4, 0.5) is 17.1 Å². The number of unbranched alkanes of at least 4 members (excludes halogenated alkanes) is 2. The molecular weight excluding hydrogens is 1140 g/mol. The zero-order valence-corrected chi connectivity index (χ0v) is 52.9. The minimum absolute atomic E-state index is 0.0108. The van der Waals surface area contributed by atoms with E-state index in [1.54, 1.807) is 43.4 Å². The molecule has 18 heteroatoms. The molecule has 10 rings (SSSR count). The summed E-state index contributed by atoms with van der Waals surface area (Å²) in [5, 5.41) is 2.92. The third-order valence-corrected chi connectivity index (χ3v) is 18.3. The molecule has 0 radical (unpaired) electrons. The van der Waals surface area contributed by atoms with Crippen LogP contribution in [-0.2, 0) is 30.4 Å². The molecular formula is C72H85N7O11. The van der Waals surface area contributed by atoms with E-state index in [-0.39, 0.29) is 96.7 Å². The number of imide groups is 1. The number of likely N-dealkylation sites (N-methyl/N-ethyl adjacent to an activating group) is 1. The van der Waals surface area contributed by atoms with Crippen molar-refractivity contribution in [3.8, 4) is 23.0 Å². The summed E-state index contributed by atoms with van der Waals surface area (Å²) in [7, 11) is 5.26. The third kappa shape index (κ3) is 15.7. The topological polar surface area (TPSA) is 206 Å². The van der Waals surface area contributed by atoms with Crippen molar-refractivity contribution in [2.45, 2.75) is 123 Å². The fourth-order valence-corrected chi connectivity index (χ4v) is 12.8. The number of Topliss-reactive ketones (excluding diaryl/α,β-unsaturated/α-hetero) is 3. The Morgan fingerprint density at radius 1 is 0.656 bits per heavy atom. The van der Waals surface area contributed by atoms with E-state index in [2.05, 4.69) is 76.8 Å². The third-order valence-electron chi connectivity index (χ3n) is 18.3. The number of hydrogen-bond acceptors (Lipinski definition) is 15. The number of hydrogen-bond donors (Lipinski definition) is 1. The molecule has 1 saturated heterocycles. The first-order chi connectivity index (χ1) is 43.5. The van der Waals surface area contributed by atoms with Gasteiger partial charge in [-0.2, -0.15) is 0 Å². The van der Waals surface area contributed by atoms with Crippen LogP contribution in [0.1, 0.15) is 142 Å². The first-order valence-corrected chi connectivity index (χ1v) is 32.1. The summed E-state index contributed by atoms with van der Waals surface area (Å²) in [4.78, 5) is 108. The number of fused-ring (bicyclic) bond motifs is 4. The Kier molecular flexibility index (Phi) is 21.4. The van der Waals surface area contributed by atoms with Crippen molar-refractivity contribution in [2.24, 2.45) is 33.7 Å². The van der Waals surface area contributed by atoms with Crippen LogP contribution in [-0.4, -0.2) is 147 Å². The number of ketones is 3. The minimum atomic E-state index is -0.603. The Bertz CT molecular complexity index is 3470. The van der Waals surface area contributed by atoms with E-state index in [1.165, 1.54) is 28.3 Å². The SMILES string of the molecule is COc1cc2c(cc1OCCCOc1cc3c(cc1OC)C(=O)CCC1C=C(c4ccc(CCC(=O)[C@H](C)CCCC(=O)C(NC(=O)CCCCCN5C(=O)C=CC5=O)C(C)C)cc4)C[C@H]1/C=N\3)N=C[C@@H]1CC(c3ccc(N4CCN(C)CC4)cc3)=CN1C2=O. The standard InChI is InChI=1S/C72H85N7O11/c1-46(2)71(75-68(83)14-8-7-9-29-78-69(84)27-28-70(78)85)63(82)13-10-12-47(3)61(80)25-17-48-15-18-49(19-16-48)52-36-51-22-26-62(81)57-39-64(87-5)66(41-59(57)73-43-53(51)37-52)89-34-11-35-90-67-42-60-58(40-65(67)88-6)72(86)79-45-54(38-56(79)44-74-60)50-20-23-55(24-21-50)77-32-30-76(4)31-33-77/h15-16,18-21,23-24,27-28,36,39-47,51,53,56,71H,7-14,17,22,25-26,29-35,37-38H2,1-6H3,(H,75,83)/b73-43-/t47-,51?,53+,56+,71?/m1/s1. The molecule has 4 aromatic rings. The molecule has 1 fully saturated rings. The van der Waals surface area contributed by atoms with Gasteiger partial charge in [-0.05, 0) is 116 Å². The Hall–Kier alpha value is -8.51. The van der Waals surface area contributed by atoms with Gasteiger partial charge in [0.25, 0.3) is 17.7 Å². The predicted molar refractivity (Wildman–Crippen MR) is 349 cm³/mol. The second-order valence-corrected chi connectivity index (χ2v) is 25.0. The van der Waals surface area contributed by atoms with E-state index >= 15 is 0 Å². The van der Waals surface area contributed by atoms with Gasteiger partial charge in [0.2, 0.25) is 5.91 Å². The van der Waals surface area contributed by atoms with Crippen molar-refractivity contribution in [2.75, 3.05) is 72.1 Å². The molecule has 0 aromatic heterocycles. The molecule has 4 amide bonds. The molecule has 0 bridgehead atoms. The van der Waals surface area contributed by atoms with E-state index in [0.717, 1.165) is 54.9 Å². The molecule has 18 nitrogen and oxygen atoms in total. The highest BCUT2D eigenvalue weighted by Crippen LogP contribution is 2.43. The number of carbonyl (C=O) groups is 7. The second-order valence-electron chi connectivity index (χ2n) is 25.0. The molecule has 90 heavy (non-hydrogen) atoms. The zero-order valence-electron chi connectivity index (χ0n) is 52.9. The maximum Gasteiger partial charge on any atom is 0.260 e. The normalized spacial score (nSPS) is 19.8. The number of aliphatic imine (C=N–C) groups is 2. The highest BCUT2D eigenvalue weighted by molar-refractivity contribution is 6.13. The number of amides is 4. The van der Waals surface area contributed by atoms with Crippen molar-refractivity contribution in [3.05, 3.63) is 125 Å². The smallest absolute Gasteiger partial charge is 0.260 e. The summed E-state index contributed by atoms with van der Waals surface area (Å²) in [6.45, 7) is 10.7. The quantitative estimate of drug-likeness (QED) is 0.0415. The molecule has 2 unspecified atom stereocenters. The van der Waals surface area contributed by atoms with Crippen molar-refractivity contribution in [3.63, 3.8) is 0 Å². The lowest BCUT2D eigenvalue weighted by atomic mass is 9.90. The second kappa shape index (κ2) is 29.9. The van der Waals surface area contributed by atoms with Gasteiger partial charge >= 0.3 is 0 Å². The van der Waals surface area contributed by atoms with Crippen LogP contribution >= 0.6 is 0 Å². The monoisotopic (exact) mass is 1220 g/mol. The van der Waals surface area contributed by atoms with Crippen LogP contribution in [0.5, 0.6) is 23.0 Å². The number of rotatable bonds is 28. The summed E-state index contributed by atoms with van der Waals surface area (Å²) in [6.07, 6.45) is 18.1. The molecule has 6 aliphatic rings. The fraction of sp³-hybridized carbons (Fsp3) is 0.458. The van der Waals surface area contributed by atoms with Gasteiger partial charge in [0.15, 0.2) is 34.6 Å². The lowest BCUT2D eigenvalue weighted by molar-refractivity contribution is -0.137. The Labute approximate surface area is 528 Å². The summed E-state index contributed by atoms with van der Waals surface area (Å²) >= 11 is 0. The summed E-state index contributed by atoms with van der Waals surface area (Å²) in [5.74, 6) is 0.883. The fourth-order valence-electron chi connectivity index (χ4n) is 12.8. The van der Waals surface area contributed by atoms with E-state index in [1.807, 2.05) is 39.4 Å². The maximum atomic E-state index is 14.1. The number of carbonyl (C=O) groups excluding carboxylic acids is 7. The lowest BCUT2D eigenvalue weighted by Crippen LogP contribution is -2.44. The summed E-state index contributed by atoms with van der Waals surface area (Å²) < 4.78 is 24.0. The predicted octanol–water partition coefficient (Wildman–Crippen LogP) is 11.2. The van der Waals surface area contributed by atoms with Crippen LogP contribution in [0.25, 0.3) is 11.1 Å². The highest BCUT2D eigenvalue weighted by atomic mass is 16.5. The number of allylic oxidation sites excluding steroid dienone is 2. The molecule has 4 aromatic carbocycles. The van der Waals surface area contributed by atoms with Crippen molar-refractivity contribution < 1.29 is 52.5 Å². The van der Waals surface area contributed by atoms with Gasteiger partial charge in [0.1, 0.15) is 5.78 Å². The number of ether oxygens (including phenoxy) is 4. The number of methoxy groups -OCH3 is 2. The van der Waals surface area contributed by atoms with Crippen LogP contribution < -0.4 is 29.2 Å². The number of benzene rings is 4. The van der Waals surface area contributed by atoms with Crippen LogP contribution in [0.15, 0.2) is 107 Å². The molecule has 1 N–H and O–H groups in total. The molecule has 5 aliphatic heterocycles. The molecule has 0 spiro atoms. The van der Waals surface area contributed by atoms with Gasteiger partial charge in [-0.15, -0.1) is 0 Å². The van der Waals surface area contributed by atoms with Gasteiger partial charge < -0.3 is 39.0 Å². The van der Waals surface area contributed by atoms with Gasteiger partial charge in [-0.1, -0.05) is 69.7 Å². The van der Waals surface area contributed by atoms with Crippen molar-refractivity contribution in [1.82, 2.24) is 20.0 Å². The maximum absolute atomic E-state index is 14.1. The average Bonchev–Trinajstić information content (AvgIpc) is 2.36. The highest BCUT2D eigenvalue weighted by Gasteiger charge is 2.35. The van der Waals surface area contributed by atoms with E-state index in [0.29, 0.717) is 123 Å². The van der Waals surface area contributed by atoms with Gasteiger partial charge in [0.05, 0.1) is 56.5 Å².